The van der Waals surface area contributed by atoms with Gasteiger partial charge in [-0.15, -0.1) is 0 Å². The van der Waals surface area contributed by atoms with Crippen molar-refractivity contribution in [3.8, 4) is 6.07 Å². The van der Waals surface area contributed by atoms with Crippen LogP contribution in [0, 0.1) is 18.3 Å². The van der Waals surface area contributed by atoms with Crippen molar-refractivity contribution in [3.63, 3.8) is 0 Å². The molecule has 0 heterocycles. The van der Waals surface area contributed by atoms with Gasteiger partial charge in [-0.2, -0.15) is 5.26 Å². The number of hydrogen-bond acceptors (Lipinski definition) is 5. The van der Waals surface area contributed by atoms with Gasteiger partial charge >= 0.3 is 6.09 Å². The minimum atomic E-state index is -1.05. The first-order valence-corrected chi connectivity index (χ1v) is 13.1. The molecule has 0 aliphatic heterocycles. The van der Waals surface area contributed by atoms with Gasteiger partial charge in [0.15, 0.2) is 0 Å². The fourth-order valence-electron chi connectivity index (χ4n) is 4.07. The van der Waals surface area contributed by atoms with Crippen LogP contribution in [0.25, 0.3) is 0 Å². The molecule has 38 heavy (non-hydrogen) atoms. The number of amides is 3. The van der Waals surface area contributed by atoms with Crippen LogP contribution in [-0.2, 0) is 20.7 Å². The first-order chi connectivity index (χ1) is 18.1. The maximum absolute atomic E-state index is 14.0. The lowest BCUT2D eigenvalue weighted by molar-refractivity contribution is -0.141. The molecule has 2 aromatic rings. The summed E-state index contributed by atoms with van der Waals surface area (Å²) in [6.45, 7) is 9.32. The van der Waals surface area contributed by atoms with E-state index in [0.29, 0.717) is 12.1 Å². The van der Waals surface area contributed by atoms with E-state index in [0.717, 1.165) is 30.4 Å². The molecule has 0 radical (unpaired) electrons. The van der Waals surface area contributed by atoms with Gasteiger partial charge < -0.3 is 20.3 Å². The molecule has 204 valence electrons. The first kappa shape index (κ1) is 30.4. The molecule has 0 aliphatic rings. The molecule has 2 atom stereocenters. The zero-order valence-corrected chi connectivity index (χ0v) is 23.1. The number of ether oxygens (including phenoxy) is 1. The van der Waals surface area contributed by atoms with Crippen molar-refractivity contribution in [2.24, 2.45) is 0 Å². The number of nitrogens with one attached hydrogen (secondary N) is 2. The van der Waals surface area contributed by atoms with Gasteiger partial charge in [-0.3, -0.25) is 9.59 Å². The lowest BCUT2D eigenvalue weighted by Crippen LogP contribution is -2.54. The molecule has 0 fully saturated rings. The lowest BCUT2D eigenvalue weighted by Gasteiger charge is -2.33. The van der Waals surface area contributed by atoms with Crippen LogP contribution in [0.4, 0.5) is 4.79 Å². The van der Waals surface area contributed by atoms with Gasteiger partial charge in [-0.05, 0) is 45.2 Å². The van der Waals surface area contributed by atoms with Crippen LogP contribution < -0.4 is 10.6 Å². The third-order valence-corrected chi connectivity index (χ3v) is 5.79. The largest absolute Gasteiger partial charge is 0.444 e. The summed E-state index contributed by atoms with van der Waals surface area (Å²) in [6, 6.07) is 16.5. The SMILES string of the molecule is CCCCCNC(=O)C(c1cccc(C)c1)N(CC#N)C(=O)C(Cc1ccccc1)NC(=O)OC(C)(C)C. The maximum atomic E-state index is 14.0. The fraction of sp³-hybridized carbons (Fsp3) is 0.467. The molecule has 2 rings (SSSR count). The Morgan fingerprint density at radius 3 is 2.37 bits per heavy atom. The van der Waals surface area contributed by atoms with E-state index in [1.54, 1.807) is 26.8 Å². The van der Waals surface area contributed by atoms with Crippen LogP contribution in [0.3, 0.4) is 0 Å². The number of carbonyl (C=O) groups excluding carboxylic acids is 3. The summed E-state index contributed by atoms with van der Waals surface area (Å²) in [5, 5.41) is 15.3. The van der Waals surface area contributed by atoms with Gasteiger partial charge in [-0.1, -0.05) is 79.9 Å². The third kappa shape index (κ3) is 9.89. The standard InChI is InChI=1S/C30H40N4O4/c1-6-7-11-18-32-27(35)26(24-16-12-13-22(2)20-24)34(19-17-31)28(36)25(21-23-14-9-8-10-15-23)33-29(37)38-30(3,4)5/h8-10,12-16,20,25-26H,6-7,11,18-19,21H2,1-5H3,(H,32,35)(H,33,37). The number of aryl methyl sites for hydroxylation is 1. The van der Waals surface area contributed by atoms with E-state index >= 15 is 0 Å². The molecule has 0 spiro atoms. The summed E-state index contributed by atoms with van der Waals surface area (Å²) in [7, 11) is 0. The van der Waals surface area contributed by atoms with E-state index in [2.05, 4.69) is 17.6 Å². The zero-order valence-electron chi connectivity index (χ0n) is 23.1. The highest BCUT2D eigenvalue weighted by Crippen LogP contribution is 2.24. The van der Waals surface area contributed by atoms with Crippen molar-refractivity contribution in [1.29, 1.82) is 5.26 Å². The summed E-state index contributed by atoms with van der Waals surface area (Å²) in [5.41, 5.74) is 1.56. The number of nitriles is 1. The molecule has 2 N–H and O–H groups in total. The van der Waals surface area contributed by atoms with Crippen molar-refractivity contribution in [1.82, 2.24) is 15.5 Å². The zero-order chi connectivity index (χ0) is 28.1. The summed E-state index contributed by atoms with van der Waals surface area (Å²) < 4.78 is 5.42. The van der Waals surface area contributed by atoms with E-state index in [4.69, 9.17) is 4.74 Å². The van der Waals surface area contributed by atoms with Crippen LogP contribution in [0.1, 0.15) is 69.7 Å². The Morgan fingerprint density at radius 2 is 1.76 bits per heavy atom. The predicted octanol–water partition coefficient (Wildman–Crippen LogP) is 4.83. The highest BCUT2D eigenvalue weighted by atomic mass is 16.6. The van der Waals surface area contributed by atoms with Gasteiger partial charge in [0.05, 0.1) is 6.07 Å². The Balaban J connectivity index is 2.46. The second-order valence-corrected chi connectivity index (χ2v) is 10.3. The molecule has 2 unspecified atom stereocenters. The molecule has 0 aromatic heterocycles. The van der Waals surface area contributed by atoms with Crippen molar-refractivity contribution >= 4 is 17.9 Å². The fourth-order valence-corrected chi connectivity index (χ4v) is 4.07. The number of benzene rings is 2. The molecule has 3 amide bonds. The number of hydrogen-bond donors (Lipinski definition) is 2. The average molecular weight is 521 g/mol. The molecule has 0 bridgehead atoms. The second-order valence-electron chi connectivity index (χ2n) is 10.3. The topological polar surface area (TPSA) is 112 Å². The summed E-state index contributed by atoms with van der Waals surface area (Å²) in [5.74, 6) is -0.914. The van der Waals surface area contributed by atoms with Gasteiger partial charge in [0.1, 0.15) is 24.2 Å². The third-order valence-electron chi connectivity index (χ3n) is 5.79. The Labute approximate surface area is 226 Å². The van der Waals surface area contributed by atoms with Crippen molar-refractivity contribution in [3.05, 3.63) is 71.3 Å². The van der Waals surface area contributed by atoms with Crippen molar-refractivity contribution in [2.75, 3.05) is 13.1 Å². The first-order valence-electron chi connectivity index (χ1n) is 13.1. The van der Waals surface area contributed by atoms with E-state index in [-0.39, 0.29) is 18.9 Å². The number of alkyl carbamates (subject to hydrolysis) is 1. The smallest absolute Gasteiger partial charge is 0.408 e. The average Bonchev–Trinajstić information content (AvgIpc) is 2.85. The number of unbranched alkanes of at least 4 members (excludes halogenated alkanes) is 2. The number of rotatable bonds is 12. The molecule has 8 heteroatoms. The normalized spacial score (nSPS) is 12.5. The number of carbonyl (C=O) groups is 3. The van der Waals surface area contributed by atoms with Gasteiger partial charge in [-0.25, -0.2) is 4.79 Å². The van der Waals surface area contributed by atoms with Crippen LogP contribution in [-0.4, -0.2) is 47.5 Å². The molecule has 0 aliphatic carbocycles. The Bertz CT molecular complexity index is 1110. The van der Waals surface area contributed by atoms with E-state index in [1.807, 2.05) is 61.5 Å². The minimum Gasteiger partial charge on any atom is -0.444 e. The van der Waals surface area contributed by atoms with Gasteiger partial charge in [0.2, 0.25) is 11.8 Å². The molecular formula is C30H40N4O4. The van der Waals surface area contributed by atoms with Crippen LogP contribution >= 0.6 is 0 Å². The highest BCUT2D eigenvalue weighted by Gasteiger charge is 2.36. The van der Waals surface area contributed by atoms with Crippen molar-refractivity contribution < 1.29 is 19.1 Å². The van der Waals surface area contributed by atoms with Gasteiger partial charge in [0, 0.05) is 13.0 Å². The van der Waals surface area contributed by atoms with E-state index in [9.17, 15) is 19.6 Å². The van der Waals surface area contributed by atoms with Crippen LogP contribution in [0.5, 0.6) is 0 Å². The predicted molar refractivity (Wildman–Crippen MR) is 147 cm³/mol. The summed E-state index contributed by atoms with van der Waals surface area (Å²) >= 11 is 0. The summed E-state index contributed by atoms with van der Waals surface area (Å²) in [6.07, 6.45) is 2.20. The van der Waals surface area contributed by atoms with Gasteiger partial charge in [0.25, 0.3) is 0 Å². The number of nitrogens with zero attached hydrogens (tertiary/aromatic N) is 2. The highest BCUT2D eigenvalue weighted by molar-refractivity contribution is 5.92. The lowest BCUT2D eigenvalue weighted by atomic mass is 9.99. The molecular weight excluding hydrogens is 480 g/mol. The second kappa shape index (κ2) is 14.8. The van der Waals surface area contributed by atoms with Crippen LogP contribution in [0.15, 0.2) is 54.6 Å². The quantitative estimate of drug-likeness (QED) is 0.308. The van der Waals surface area contributed by atoms with E-state index < -0.39 is 29.7 Å². The van der Waals surface area contributed by atoms with E-state index in [1.165, 1.54) is 4.90 Å². The summed E-state index contributed by atoms with van der Waals surface area (Å²) in [4.78, 5) is 41.5. The van der Waals surface area contributed by atoms with Crippen LogP contribution in [0.2, 0.25) is 0 Å². The van der Waals surface area contributed by atoms with Crippen molar-refractivity contribution in [2.45, 2.75) is 78.0 Å². The monoisotopic (exact) mass is 520 g/mol. The Morgan fingerprint density at radius 1 is 1.05 bits per heavy atom. The molecule has 8 nitrogen and oxygen atoms in total. The Hall–Kier alpha value is -3.86. The molecule has 2 aromatic carbocycles. The maximum Gasteiger partial charge on any atom is 0.408 e. The minimum absolute atomic E-state index is 0.166. The molecule has 0 saturated heterocycles. The molecule has 0 saturated carbocycles. The Kier molecular flexibility index (Phi) is 11.8.